The summed E-state index contributed by atoms with van der Waals surface area (Å²) in [5, 5.41) is 11.9. The maximum absolute atomic E-state index is 10.7. The Balaban J connectivity index is 0.00000112. The SMILES string of the molecule is Cl.O=C(O)[C@H]1CC[C@H](c2ccccc2)N1. The first-order chi connectivity index (χ1) is 6.77. The Kier molecular flexibility index (Phi) is 4.12. The number of benzene rings is 1. The molecule has 0 aromatic heterocycles. The van der Waals surface area contributed by atoms with Gasteiger partial charge in [-0.25, -0.2) is 0 Å². The largest absolute Gasteiger partial charge is 0.480 e. The second-order valence-corrected chi connectivity index (χ2v) is 3.60. The van der Waals surface area contributed by atoms with Gasteiger partial charge in [0.15, 0.2) is 0 Å². The van der Waals surface area contributed by atoms with E-state index in [9.17, 15) is 4.79 Å². The number of carbonyl (C=O) groups is 1. The summed E-state index contributed by atoms with van der Waals surface area (Å²) in [6, 6.07) is 9.81. The maximum Gasteiger partial charge on any atom is 0.320 e. The molecule has 4 heteroatoms. The van der Waals surface area contributed by atoms with Gasteiger partial charge in [-0.05, 0) is 18.4 Å². The molecule has 2 atom stereocenters. The zero-order chi connectivity index (χ0) is 9.97. The van der Waals surface area contributed by atoms with Crippen molar-refractivity contribution < 1.29 is 9.90 Å². The van der Waals surface area contributed by atoms with Gasteiger partial charge in [-0.15, -0.1) is 12.4 Å². The third-order valence-electron chi connectivity index (χ3n) is 2.65. The lowest BCUT2D eigenvalue weighted by molar-refractivity contribution is -0.139. The molecular weight excluding hydrogens is 214 g/mol. The highest BCUT2D eigenvalue weighted by molar-refractivity contribution is 5.85. The molecule has 2 rings (SSSR count). The Hall–Kier alpha value is -1.06. The van der Waals surface area contributed by atoms with Crippen molar-refractivity contribution in [2.75, 3.05) is 0 Å². The van der Waals surface area contributed by atoms with Crippen molar-refractivity contribution in [1.82, 2.24) is 5.32 Å². The Morgan fingerprint density at radius 3 is 2.47 bits per heavy atom. The molecule has 0 unspecified atom stereocenters. The van der Waals surface area contributed by atoms with E-state index in [1.807, 2.05) is 30.3 Å². The van der Waals surface area contributed by atoms with Gasteiger partial charge >= 0.3 is 5.97 Å². The first-order valence-electron chi connectivity index (χ1n) is 4.81. The van der Waals surface area contributed by atoms with Gasteiger partial charge in [0.05, 0.1) is 0 Å². The predicted molar refractivity (Wildman–Crippen MR) is 60.2 cm³/mol. The summed E-state index contributed by atoms with van der Waals surface area (Å²) in [6.07, 6.45) is 1.62. The molecule has 0 aliphatic carbocycles. The van der Waals surface area contributed by atoms with Gasteiger partial charge < -0.3 is 5.11 Å². The molecule has 0 saturated carbocycles. The number of aliphatic carboxylic acids is 1. The summed E-state index contributed by atoms with van der Waals surface area (Å²) < 4.78 is 0. The zero-order valence-electron chi connectivity index (χ0n) is 8.22. The fourth-order valence-corrected chi connectivity index (χ4v) is 1.89. The van der Waals surface area contributed by atoms with E-state index in [0.29, 0.717) is 0 Å². The number of hydrogen-bond acceptors (Lipinski definition) is 2. The lowest BCUT2D eigenvalue weighted by Gasteiger charge is -2.11. The number of carboxylic acid groups (broad SMARTS) is 1. The molecule has 0 radical (unpaired) electrons. The van der Waals surface area contributed by atoms with Crippen LogP contribution in [0.5, 0.6) is 0 Å². The van der Waals surface area contributed by atoms with Crippen molar-refractivity contribution in [2.24, 2.45) is 0 Å². The Morgan fingerprint density at radius 2 is 1.93 bits per heavy atom. The van der Waals surface area contributed by atoms with Gasteiger partial charge in [0, 0.05) is 6.04 Å². The van der Waals surface area contributed by atoms with Gasteiger partial charge in [-0.2, -0.15) is 0 Å². The van der Waals surface area contributed by atoms with E-state index in [1.54, 1.807) is 0 Å². The number of halogens is 1. The standard InChI is InChI=1S/C11H13NO2.ClH/c13-11(14)10-7-6-9(12-10)8-4-2-1-3-5-8;/h1-5,9-10,12H,6-7H2,(H,13,14);1H/t9-,10-;/m1./s1. The first kappa shape index (κ1) is 12.0. The van der Waals surface area contributed by atoms with Gasteiger partial charge in [0.2, 0.25) is 0 Å². The average molecular weight is 228 g/mol. The van der Waals surface area contributed by atoms with E-state index in [-0.39, 0.29) is 24.5 Å². The van der Waals surface area contributed by atoms with Crippen LogP contribution >= 0.6 is 12.4 Å². The summed E-state index contributed by atoms with van der Waals surface area (Å²) in [7, 11) is 0. The van der Waals surface area contributed by atoms with E-state index in [0.717, 1.165) is 12.8 Å². The number of rotatable bonds is 2. The fraction of sp³-hybridized carbons (Fsp3) is 0.364. The molecule has 0 amide bonds. The van der Waals surface area contributed by atoms with Gasteiger partial charge in [0.25, 0.3) is 0 Å². The number of carboxylic acids is 1. The lowest BCUT2D eigenvalue weighted by atomic mass is 10.1. The van der Waals surface area contributed by atoms with Crippen molar-refractivity contribution in [3.63, 3.8) is 0 Å². The summed E-state index contributed by atoms with van der Waals surface area (Å²) >= 11 is 0. The van der Waals surface area contributed by atoms with Crippen LogP contribution in [-0.2, 0) is 4.79 Å². The van der Waals surface area contributed by atoms with Gasteiger partial charge in [0.1, 0.15) is 6.04 Å². The molecule has 1 aliphatic rings. The quantitative estimate of drug-likeness (QED) is 0.813. The molecule has 1 aromatic carbocycles. The Labute approximate surface area is 94.9 Å². The van der Waals surface area contributed by atoms with Crippen LogP contribution in [0.1, 0.15) is 24.4 Å². The van der Waals surface area contributed by atoms with Crippen molar-refractivity contribution >= 4 is 18.4 Å². The monoisotopic (exact) mass is 227 g/mol. The molecule has 1 fully saturated rings. The zero-order valence-corrected chi connectivity index (χ0v) is 9.04. The fourth-order valence-electron chi connectivity index (χ4n) is 1.89. The average Bonchev–Trinajstić information content (AvgIpc) is 2.68. The Bertz CT molecular complexity index is 329. The van der Waals surface area contributed by atoms with E-state index >= 15 is 0 Å². The molecule has 0 bridgehead atoms. The molecule has 1 saturated heterocycles. The van der Waals surface area contributed by atoms with Crippen LogP contribution in [0.2, 0.25) is 0 Å². The topological polar surface area (TPSA) is 49.3 Å². The highest BCUT2D eigenvalue weighted by Gasteiger charge is 2.29. The first-order valence-corrected chi connectivity index (χ1v) is 4.81. The van der Waals surface area contributed by atoms with E-state index < -0.39 is 5.97 Å². The predicted octanol–water partition coefficient (Wildman–Crippen LogP) is 1.99. The third kappa shape index (κ3) is 2.70. The maximum atomic E-state index is 10.7. The van der Waals surface area contributed by atoms with Crippen LogP contribution in [0.15, 0.2) is 30.3 Å². The highest BCUT2D eigenvalue weighted by Crippen LogP contribution is 2.26. The molecule has 1 heterocycles. The lowest BCUT2D eigenvalue weighted by Crippen LogP contribution is -2.31. The van der Waals surface area contributed by atoms with Crippen LogP contribution in [0.25, 0.3) is 0 Å². The summed E-state index contributed by atoms with van der Waals surface area (Å²) in [6.45, 7) is 0. The molecule has 2 N–H and O–H groups in total. The third-order valence-corrected chi connectivity index (χ3v) is 2.65. The van der Waals surface area contributed by atoms with Crippen molar-refractivity contribution in [1.29, 1.82) is 0 Å². The minimum Gasteiger partial charge on any atom is -0.480 e. The molecule has 15 heavy (non-hydrogen) atoms. The second-order valence-electron chi connectivity index (χ2n) is 3.60. The van der Waals surface area contributed by atoms with Gasteiger partial charge in [-0.3, -0.25) is 10.1 Å². The van der Waals surface area contributed by atoms with Crippen LogP contribution in [-0.4, -0.2) is 17.1 Å². The molecule has 82 valence electrons. The van der Waals surface area contributed by atoms with Crippen LogP contribution in [0.4, 0.5) is 0 Å². The molecule has 3 nitrogen and oxygen atoms in total. The summed E-state index contributed by atoms with van der Waals surface area (Å²) in [5.41, 5.74) is 1.18. The minimum atomic E-state index is -0.747. The van der Waals surface area contributed by atoms with Crippen LogP contribution in [0.3, 0.4) is 0 Å². The normalized spacial score (nSPS) is 24.5. The minimum absolute atomic E-state index is 0. The smallest absolute Gasteiger partial charge is 0.320 e. The van der Waals surface area contributed by atoms with Crippen molar-refractivity contribution in [3.8, 4) is 0 Å². The highest BCUT2D eigenvalue weighted by atomic mass is 35.5. The Morgan fingerprint density at radius 1 is 1.27 bits per heavy atom. The summed E-state index contributed by atoms with van der Waals surface area (Å²) in [5.74, 6) is -0.747. The van der Waals surface area contributed by atoms with Crippen molar-refractivity contribution in [2.45, 2.75) is 24.9 Å². The number of hydrogen-bond donors (Lipinski definition) is 2. The van der Waals surface area contributed by atoms with Crippen molar-refractivity contribution in [3.05, 3.63) is 35.9 Å². The van der Waals surface area contributed by atoms with Gasteiger partial charge in [-0.1, -0.05) is 30.3 Å². The van der Waals surface area contributed by atoms with E-state index in [4.69, 9.17) is 5.11 Å². The summed E-state index contributed by atoms with van der Waals surface area (Å²) in [4.78, 5) is 10.7. The van der Waals surface area contributed by atoms with E-state index in [2.05, 4.69) is 5.32 Å². The second kappa shape index (κ2) is 5.14. The molecular formula is C11H14ClNO2. The number of nitrogens with one attached hydrogen (secondary N) is 1. The molecule has 0 spiro atoms. The van der Waals surface area contributed by atoms with Crippen LogP contribution < -0.4 is 5.32 Å². The molecule has 1 aliphatic heterocycles. The van der Waals surface area contributed by atoms with Crippen LogP contribution in [0, 0.1) is 0 Å². The molecule has 1 aromatic rings. The van der Waals surface area contributed by atoms with E-state index in [1.165, 1.54) is 5.56 Å².